The zero-order valence-electron chi connectivity index (χ0n) is 12.5. The lowest BCUT2D eigenvalue weighted by Crippen LogP contribution is -2.17. The van der Waals surface area contributed by atoms with Gasteiger partial charge in [0.2, 0.25) is 0 Å². The molecule has 0 radical (unpaired) electrons. The van der Waals surface area contributed by atoms with Crippen molar-refractivity contribution in [3.63, 3.8) is 0 Å². The van der Waals surface area contributed by atoms with Gasteiger partial charge >= 0.3 is 0 Å². The highest BCUT2D eigenvalue weighted by Crippen LogP contribution is 2.32. The number of nitrogens with one attached hydrogen (secondary N) is 1. The Morgan fingerprint density at radius 1 is 1.32 bits per heavy atom. The molecule has 1 saturated heterocycles. The fourth-order valence-corrected chi connectivity index (χ4v) is 3.71. The second-order valence-corrected chi connectivity index (χ2v) is 6.75. The molecule has 19 heavy (non-hydrogen) atoms. The molecule has 108 valence electrons. The van der Waals surface area contributed by atoms with E-state index in [1.165, 1.54) is 54.5 Å². The first-order valence-corrected chi connectivity index (χ1v) is 8.49. The summed E-state index contributed by atoms with van der Waals surface area (Å²) in [7, 11) is 0. The molecule has 1 aliphatic rings. The Balaban J connectivity index is 2.02. The van der Waals surface area contributed by atoms with Crippen LogP contribution in [0.5, 0.6) is 0 Å². The normalized spacial score (nSPS) is 15.7. The van der Waals surface area contributed by atoms with Crippen molar-refractivity contribution in [2.75, 3.05) is 24.5 Å². The first kappa shape index (κ1) is 14.8. The van der Waals surface area contributed by atoms with Crippen molar-refractivity contribution in [2.45, 2.75) is 58.9 Å². The van der Waals surface area contributed by atoms with Gasteiger partial charge < -0.3 is 10.2 Å². The van der Waals surface area contributed by atoms with Crippen molar-refractivity contribution in [1.82, 2.24) is 10.3 Å². The number of unbranched alkanes of at least 4 members (excludes halogenated alkanes) is 1. The molecule has 0 atom stereocenters. The maximum atomic E-state index is 4.90. The predicted molar refractivity (Wildman–Crippen MR) is 84.3 cm³/mol. The van der Waals surface area contributed by atoms with E-state index in [0.29, 0.717) is 5.92 Å². The van der Waals surface area contributed by atoms with Crippen LogP contribution in [0, 0.1) is 0 Å². The number of thiazole rings is 1. The smallest absolute Gasteiger partial charge is 0.185 e. The van der Waals surface area contributed by atoms with E-state index in [0.717, 1.165) is 13.1 Å². The van der Waals surface area contributed by atoms with E-state index in [9.17, 15) is 0 Å². The molecular formula is C15H27N3S. The molecule has 0 saturated carbocycles. The minimum absolute atomic E-state index is 0.524. The largest absolute Gasteiger partial charge is 0.348 e. The average Bonchev–Trinajstić information content (AvgIpc) is 3.03. The molecule has 2 heterocycles. The SMILES string of the molecule is CCCCNCc1sc(N2CCCC2)nc1C(C)C. The number of rotatable bonds is 7. The van der Waals surface area contributed by atoms with Gasteiger partial charge in [0.1, 0.15) is 0 Å². The Hall–Kier alpha value is -0.610. The summed E-state index contributed by atoms with van der Waals surface area (Å²) < 4.78 is 0. The van der Waals surface area contributed by atoms with Gasteiger partial charge in [-0.1, -0.05) is 27.2 Å². The van der Waals surface area contributed by atoms with Crippen molar-refractivity contribution in [2.24, 2.45) is 0 Å². The van der Waals surface area contributed by atoms with E-state index in [2.05, 4.69) is 31.0 Å². The third-order valence-corrected chi connectivity index (χ3v) is 4.76. The molecule has 0 aromatic carbocycles. The Morgan fingerprint density at radius 2 is 2.05 bits per heavy atom. The van der Waals surface area contributed by atoms with Crippen LogP contribution in [0.4, 0.5) is 5.13 Å². The highest BCUT2D eigenvalue weighted by molar-refractivity contribution is 7.15. The maximum Gasteiger partial charge on any atom is 0.185 e. The second kappa shape index (κ2) is 7.25. The fraction of sp³-hybridized carbons (Fsp3) is 0.800. The summed E-state index contributed by atoms with van der Waals surface area (Å²) in [5.74, 6) is 0.524. The van der Waals surface area contributed by atoms with Crippen molar-refractivity contribution >= 4 is 16.5 Å². The third-order valence-electron chi connectivity index (χ3n) is 3.63. The van der Waals surface area contributed by atoms with Crippen molar-refractivity contribution in [3.8, 4) is 0 Å². The van der Waals surface area contributed by atoms with Crippen LogP contribution in [0.1, 0.15) is 62.9 Å². The maximum absolute atomic E-state index is 4.90. The molecule has 0 unspecified atom stereocenters. The van der Waals surface area contributed by atoms with E-state index in [1.54, 1.807) is 0 Å². The van der Waals surface area contributed by atoms with E-state index in [1.807, 2.05) is 11.3 Å². The van der Waals surface area contributed by atoms with Crippen LogP contribution in [-0.4, -0.2) is 24.6 Å². The Labute approximate surface area is 121 Å². The van der Waals surface area contributed by atoms with Gasteiger partial charge in [0.15, 0.2) is 5.13 Å². The van der Waals surface area contributed by atoms with E-state index >= 15 is 0 Å². The monoisotopic (exact) mass is 281 g/mol. The first-order chi connectivity index (χ1) is 9.22. The summed E-state index contributed by atoms with van der Waals surface area (Å²) in [5.41, 5.74) is 1.30. The highest BCUT2D eigenvalue weighted by atomic mass is 32.1. The molecule has 1 N–H and O–H groups in total. The number of anilines is 1. The van der Waals surface area contributed by atoms with Crippen molar-refractivity contribution < 1.29 is 0 Å². The predicted octanol–water partition coefficient (Wildman–Crippen LogP) is 3.76. The molecule has 1 fully saturated rings. The van der Waals surface area contributed by atoms with Crippen LogP contribution in [0.25, 0.3) is 0 Å². The topological polar surface area (TPSA) is 28.2 Å². The average molecular weight is 281 g/mol. The van der Waals surface area contributed by atoms with Crippen LogP contribution in [0.15, 0.2) is 0 Å². The van der Waals surface area contributed by atoms with Gasteiger partial charge in [0.25, 0.3) is 0 Å². The molecule has 2 rings (SSSR count). The van der Waals surface area contributed by atoms with E-state index < -0.39 is 0 Å². The van der Waals surface area contributed by atoms with Crippen LogP contribution >= 0.6 is 11.3 Å². The molecular weight excluding hydrogens is 254 g/mol. The molecule has 0 amide bonds. The van der Waals surface area contributed by atoms with Gasteiger partial charge in [-0.25, -0.2) is 4.98 Å². The summed E-state index contributed by atoms with van der Waals surface area (Å²) in [6, 6.07) is 0. The summed E-state index contributed by atoms with van der Waals surface area (Å²) >= 11 is 1.90. The van der Waals surface area contributed by atoms with Crippen LogP contribution in [0.3, 0.4) is 0 Å². The standard InChI is InChI=1S/C15H27N3S/c1-4-5-8-16-11-13-14(12(2)3)17-15(19-13)18-9-6-7-10-18/h12,16H,4-11H2,1-3H3. The first-order valence-electron chi connectivity index (χ1n) is 7.67. The van der Waals surface area contributed by atoms with Crippen molar-refractivity contribution in [3.05, 3.63) is 10.6 Å². The van der Waals surface area contributed by atoms with E-state index in [-0.39, 0.29) is 0 Å². The van der Waals surface area contributed by atoms with Gasteiger partial charge in [0.05, 0.1) is 5.69 Å². The summed E-state index contributed by atoms with van der Waals surface area (Å²) in [5, 5.41) is 4.80. The molecule has 0 aliphatic carbocycles. The summed E-state index contributed by atoms with van der Waals surface area (Å²) in [4.78, 5) is 8.78. The molecule has 4 heteroatoms. The number of hydrogen-bond acceptors (Lipinski definition) is 4. The lowest BCUT2D eigenvalue weighted by molar-refractivity contribution is 0.639. The van der Waals surface area contributed by atoms with Gasteiger partial charge in [-0.15, -0.1) is 11.3 Å². The lowest BCUT2D eigenvalue weighted by Gasteiger charge is -2.12. The van der Waals surface area contributed by atoms with Gasteiger partial charge in [-0.05, 0) is 31.7 Å². The highest BCUT2D eigenvalue weighted by Gasteiger charge is 2.20. The Kier molecular flexibility index (Phi) is 5.64. The number of hydrogen-bond donors (Lipinski definition) is 1. The zero-order valence-corrected chi connectivity index (χ0v) is 13.4. The minimum Gasteiger partial charge on any atom is -0.348 e. The van der Waals surface area contributed by atoms with Crippen LogP contribution < -0.4 is 10.2 Å². The molecule has 1 aromatic heterocycles. The Morgan fingerprint density at radius 3 is 2.68 bits per heavy atom. The molecule has 1 aliphatic heterocycles. The number of nitrogens with zero attached hydrogens (tertiary/aromatic N) is 2. The van der Waals surface area contributed by atoms with Gasteiger partial charge in [-0.2, -0.15) is 0 Å². The molecule has 0 bridgehead atoms. The summed E-state index contributed by atoms with van der Waals surface area (Å²) in [6.07, 6.45) is 5.15. The number of aromatic nitrogens is 1. The van der Waals surface area contributed by atoms with Crippen LogP contribution in [0.2, 0.25) is 0 Å². The van der Waals surface area contributed by atoms with E-state index in [4.69, 9.17) is 4.98 Å². The quantitative estimate of drug-likeness (QED) is 0.771. The van der Waals surface area contributed by atoms with Crippen molar-refractivity contribution in [1.29, 1.82) is 0 Å². The lowest BCUT2D eigenvalue weighted by atomic mass is 10.1. The molecule has 3 nitrogen and oxygen atoms in total. The Bertz CT molecular complexity index is 381. The van der Waals surface area contributed by atoms with Crippen LogP contribution in [-0.2, 0) is 6.54 Å². The minimum atomic E-state index is 0.524. The zero-order chi connectivity index (χ0) is 13.7. The second-order valence-electron chi connectivity index (χ2n) is 5.68. The fourth-order valence-electron chi connectivity index (χ4n) is 2.48. The van der Waals surface area contributed by atoms with Gasteiger partial charge in [0, 0.05) is 24.5 Å². The molecule has 0 spiro atoms. The molecule has 1 aromatic rings. The van der Waals surface area contributed by atoms with Gasteiger partial charge in [-0.3, -0.25) is 0 Å². The third kappa shape index (κ3) is 3.93. The summed E-state index contributed by atoms with van der Waals surface area (Å²) in [6.45, 7) is 11.2.